The van der Waals surface area contributed by atoms with Gasteiger partial charge >= 0.3 is 0 Å². The summed E-state index contributed by atoms with van der Waals surface area (Å²) in [5.74, 6) is 1.67. The number of hydrogen-bond donors (Lipinski definition) is 0. The van der Waals surface area contributed by atoms with Gasteiger partial charge in [-0.05, 0) is 38.0 Å². The fourth-order valence-corrected chi connectivity index (χ4v) is 3.78. The topological polar surface area (TPSA) is 83.0 Å². The molecule has 3 rings (SSSR count). The van der Waals surface area contributed by atoms with Crippen molar-refractivity contribution >= 4 is 34.3 Å². The highest BCUT2D eigenvalue weighted by Gasteiger charge is 2.14. The van der Waals surface area contributed by atoms with Gasteiger partial charge in [-0.3, -0.25) is 9.36 Å². The van der Waals surface area contributed by atoms with Crippen molar-refractivity contribution in [1.82, 2.24) is 19.7 Å². The van der Waals surface area contributed by atoms with Gasteiger partial charge in [0, 0.05) is 31.2 Å². The Labute approximate surface area is 172 Å². The lowest BCUT2D eigenvalue weighted by molar-refractivity contribution is 0.140. The van der Waals surface area contributed by atoms with E-state index in [-0.39, 0.29) is 5.56 Å². The van der Waals surface area contributed by atoms with Gasteiger partial charge in [0.15, 0.2) is 11.0 Å². The van der Waals surface area contributed by atoms with E-state index in [0.29, 0.717) is 58.3 Å². The molecule has 0 unspecified atom stereocenters. The van der Waals surface area contributed by atoms with Crippen LogP contribution in [0, 0.1) is 0 Å². The van der Waals surface area contributed by atoms with Gasteiger partial charge in [0.1, 0.15) is 0 Å². The standard InChI is InChI=1S/C19H23ClN4O3S/c1-3-6-16-22-17(27-23-16)12-28-19-21-15-11-13(20)7-8-14(15)18(25)24(19)9-5-10-26-4-2/h7-8,11H,3-6,9-10,12H2,1-2H3. The van der Waals surface area contributed by atoms with Crippen molar-refractivity contribution in [2.75, 3.05) is 13.2 Å². The zero-order chi connectivity index (χ0) is 19.9. The number of hydrogen-bond acceptors (Lipinski definition) is 7. The van der Waals surface area contributed by atoms with Crippen LogP contribution in [0.2, 0.25) is 5.02 Å². The van der Waals surface area contributed by atoms with Gasteiger partial charge in [-0.25, -0.2) is 4.98 Å². The molecule has 2 heterocycles. The fraction of sp³-hybridized carbons (Fsp3) is 0.474. The summed E-state index contributed by atoms with van der Waals surface area (Å²) in [6.45, 7) is 5.79. The molecule has 0 atom stereocenters. The minimum Gasteiger partial charge on any atom is -0.382 e. The number of aryl methyl sites for hydroxylation is 1. The van der Waals surface area contributed by atoms with E-state index in [1.54, 1.807) is 22.8 Å². The second kappa shape index (κ2) is 10.0. The molecule has 1 aromatic carbocycles. The molecule has 0 spiro atoms. The SMILES string of the molecule is CCCc1noc(CSc2nc3cc(Cl)ccc3c(=O)n2CCCOCC)n1. The molecule has 7 nitrogen and oxygen atoms in total. The van der Waals surface area contributed by atoms with Gasteiger partial charge in [0.2, 0.25) is 5.89 Å². The first-order valence-electron chi connectivity index (χ1n) is 9.34. The average Bonchev–Trinajstić information content (AvgIpc) is 3.13. The number of nitrogens with zero attached hydrogens (tertiary/aromatic N) is 4. The highest BCUT2D eigenvalue weighted by Crippen LogP contribution is 2.23. The van der Waals surface area contributed by atoms with Crippen LogP contribution in [0.25, 0.3) is 10.9 Å². The van der Waals surface area contributed by atoms with Crippen LogP contribution in [0.5, 0.6) is 0 Å². The molecule has 0 saturated carbocycles. The maximum absolute atomic E-state index is 13.0. The first-order valence-corrected chi connectivity index (χ1v) is 10.7. The van der Waals surface area contributed by atoms with E-state index in [4.69, 9.17) is 20.9 Å². The third-order valence-electron chi connectivity index (χ3n) is 4.07. The number of rotatable bonds is 10. The Bertz CT molecular complexity index is 989. The molecule has 0 aliphatic carbocycles. The van der Waals surface area contributed by atoms with Crippen LogP contribution >= 0.6 is 23.4 Å². The average molecular weight is 423 g/mol. The Morgan fingerprint density at radius 3 is 2.93 bits per heavy atom. The van der Waals surface area contributed by atoms with Crippen LogP contribution in [-0.4, -0.2) is 32.9 Å². The second-order valence-corrected chi connectivity index (χ2v) is 7.59. The monoisotopic (exact) mass is 422 g/mol. The Morgan fingerprint density at radius 1 is 1.29 bits per heavy atom. The minimum atomic E-state index is -0.0853. The molecule has 0 saturated heterocycles. The van der Waals surface area contributed by atoms with E-state index in [0.717, 1.165) is 19.3 Å². The van der Waals surface area contributed by atoms with Crippen molar-refractivity contribution in [2.24, 2.45) is 0 Å². The van der Waals surface area contributed by atoms with E-state index >= 15 is 0 Å². The molecule has 3 aromatic rings. The molecule has 150 valence electrons. The smallest absolute Gasteiger partial charge is 0.262 e. The van der Waals surface area contributed by atoms with Crippen molar-refractivity contribution < 1.29 is 9.26 Å². The molecule has 0 aliphatic heterocycles. The first-order chi connectivity index (χ1) is 13.6. The van der Waals surface area contributed by atoms with Crippen molar-refractivity contribution in [3.05, 3.63) is 45.3 Å². The van der Waals surface area contributed by atoms with Crippen LogP contribution in [0.15, 0.2) is 32.7 Å². The summed E-state index contributed by atoms with van der Waals surface area (Å²) in [4.78, 5) is 22.0. The van der Waals surface area contributed by atoms with Gasteiger partial charge in [0.25, 0.3) is 5.56 Å². The van der Waals surface area contributed by atoms with Gasteiger partial charge in [-0.1, -0.05) is 35.4 Å². The van der Waals surface area contributed by atoms with E-state index in [1.165, 1.54) is 11.8 Å². The maximum atomic E-state index is 13.0. The molecule has 0 fully saturated rings. The number of aromatic nitrogens is 4. The molecule has 0 radical (unpaired) electrons. The molecule has 0 N–H and O–H groups in total. The van der Waals surface area contributed by atoms with E-state index in [9.17, 15) is 4.79 Å². The number of thioether (sulfide) groups is 1. The zero-order valence-electron chi connectivity index (χ0n) is 16.0. The maximum Gasteiger partial charge on any atom is 0.262 e. The second-order valence-electron chi connectivity index (χ2n) is 6.21. The van der Waals surface area contributed by atoms with E-state index < -0.39 is 0 Å². The number of benzene rings is 1. The lowest BCUT2D eigenvalue weighted by atomic mass is 10.2. The lowest BCUT2D eigenvalue weighted by Gasteiger charge is -2.12. The van der Waals surface area contributed by atoms with E-state index in [1.807, 2.05) is 6.92 Å². The lowest BCUT2D eigenvalue weighted by Crippen LogP contribution is -2.24. The van der Waals surface area contributed by atoms with Crippen molar-refractivity contribution in [3.8, 4) is 0 Å². The summed E-state index contributed by atoms with van der Waals surface area (Å²) in [6.07, 6.45) is 2.46. The Balaban J connectivity index is 1.87. The van der Waals surface area contributed by atoms with Crippen LogP contribution in [0.1, 0.15) is 38.4 Å². The molecular weight excluding hydrogens is 400 g/mol. The van der Waals surface area contributed by atoms with Gasteiger partial charge in [-0.15, -0.1) is 0 Å². The summed E-state index contributed by atoms with van der Waals surface area (Å²) in [7, 11) is 0. The third kappa shape index (κ3) is 5.12. The molecule has 28 heavy (non-hydrogen) atoms. The van der Waals surface area contributed by atoms with Crippen molar-refractivity contribution in [1.29, 1.82) is 0 Å². The molecule has 0 bridgehead atoms. The minimum absolute atomic E-state index is 0.0853. The van der Waals surface area contributed by atoms with Gasteiger partial charge < -0.3 is 9.26 Å². The van der Waals surface area contributed by atoms with Crippen molar-refractivity contribution in [2.45, 2.75) is 50.6 Å². The van der Waals surface area contributed by atoms with Crippen LogP contribution in [-0.2, 0) is 23.5 Å². The first kappa shape index (κ1) is 20.8. The largest absolute Gasteiger partial charge is 0.382 e. The molecule has 2 aromatic heterocycles. The van der Waals surface area contributed by atoms with Gasteiger partial charge in [0.05, 0.1) is 16.7 Å². The number of ether oxygens (including phenoxy) is 1. The van der Waals surface area contributed by atoms with Crippen molar-refractivity contribution in [3.63, 3.8) is 0 Å². The quantitative estimate of drug-likeness (QED) is 0.276. The highest BCUT2D eigenvalue weighted by atomic mass is 35.5. The summed E-state index contributed by atoms with van der Waals surface area (Å²) in [5, 5.41) is 5.67. The third-order valence-corrected chi connectivity index (χ3v) is 5.26. The fourth-order valence-electron chi connectivity index (χ4n) is 2.75. The molecule has 9 heteroatoms. The summed E-state index contributed by atoms with van der Waals surface area (Å²) < 4.78 is 12.4. The van der Waals surface area contributed by atoms with Crippen LogP contribution < -0.4 is 5.56 Å². The molecular formula is C19H23ClN4O3S. The van der Waals surface area contributed by atoms with Crippen LogP contribution in [0.3, 0.4) is 0 Å². The normalized spacial score (nSPS) is 11.4. The predicted octanol–water partition coefficient (Wildman–Crippen LogP) is 4.10. The van der Waals surface area contributed by atoms with Crippen LogP contribution in [0.4, 0.5) is 0 Å². The molecule has 0 aliphatic rings. The van der Waals surface area contributed by atoms with Gasteiger partial charge in [-0.2, -0.15) is 4.98 Å². The zero-order valence-corrected chi connectivity index (χ0v) is 17.6. The predicted molar refractivity (Wildman–Crippen MR) is 110 cm³/mol. The van der Waals surface area contributed by atoms with E-state index in [2.05, 4.69) is 22.0 Å². The Kier molecular flexibility index (Phi) is 7.47. The summed E-state index contributed by atoms with van der Waals surface area (Å²) in [6, 6.07) is 5.13. The Hall–Kier alpha value is -1.90. The molecule has 0 amide bonds. The Morgan fingerprint density at radius 2 is 2.14 bits per heavy atom. The number of halogens is 1. The summed E-state index contributed by atoms with van der Waals surface area (Å²) in [5.41, 5.74) is 0.496. The highest BCUT2D eigenvalue weighted by molar-refractivity contribution is 7.98. The number of fused-ring (bicyclic) bond motifs is 1. The summed E-state index contributed by atoms with van der Waals surface area (Å²) >= 11 is 7.48.